The third kappa shape index (κ3) is 3.75. The monoisotopic (exact) mass is 346 g/mol. The Morgan fingerprint density at radius 2 is 2.19 bits per heavy atom. The van der Waals surface area contributed by atoms with E-state index in [2.05, 4.69) is 4.72 Å². The van der Waals surface area contributed by atoms with Gasteiger partial charge < -0.3 is 10.8 Å². The standard InChI is InChI=1S/C13H15ClN2O3S2/c1-8-11(15)4-10(14)5-13(8)21(18,19)16-6-12(17)9-2-3-20-7-9/h2-5,7,12,16-17H,6,15H2,1H3. The third-order valence-electron chi connectivity index (χ3n) is 3.05. The molecule has 0 amide bonds. The number of thiophene rings is 1. The van der Waals surface area contributed by atoms with Crippen molar-refractivity contribution in [3.63, 3.8) is 0 Å². The number of hydrogen-bond acceptors (Lipinski definition) is 5. The van der Waals surface area contributed by atoms with Gasteiger partial charge in [-0.1, -0.05) is 11.6 Å². The number of sulfonamides is 1. The van der Waals surface area contributed by atoms with Gasteiger partial charge in [-0.2, -0.15) is 11.3 Å². The molecule has 0 saturated heterocycles. The van der Waals surface area contributed by atoms with Crippen LogP contribution in [-0.4, -0.2) is 20.1 Å². The van der Waals surface area contributed by atoms with Gasteiger partial charge in [-0.15, -0.1) is 0 Å². The predicted molar refractivity (Wildman–Crippen MR) is 85.1 cm³/mol. The number of anilines is 1. The van der Waals surface area contributed by atoms with E-state index in [1.54, 1.807) is 18.4 Å². The summed E-state index contributed by atoms with van der Waals surface area (Å²) in [6.07, 6.45) is -0.900. The van der Waals surface area contributed by atoms with Crippen LogP contribution in [0, 0.1) is 6.92 Å². The van der Waals surface area contributed by atoms with Crippen LogP contribution in [-0.2, 0) is 10.0 Å². The average Bonchev–Trinajstić information content (AvgIpc) is 2.94. The van der Waals surface area contributed by atoms with Crippen molar-refractivity contribution in [1.29, 1.82) is 0 Å². The quantitative estimate of drug-likeness (QED) is 0.724. The van der Waals surface area contributed by atoms with Gasteiger partial charge in [-0.3, -0.25) is 0 Å². The van der Waals surface area contributed by atoms with Crippen LogP contribution in [0.3, 0.4) is 0 Å². The van der Waals surface area contributed by atoms with E-state index in [-0.39, 0.29) is 16.5 Å². The van der Waals surface area contributed by atoms with Gasteiger partial charge in [0.1, 0.15) is 0 Å². The van der Waals surface area contributed by atoms with Crippen LogP contribution < -0.4 is 10.5 Å². The van der Waals surface area contributed by atoms with Gasteiger partial charge in [0.2, 0.25) is 10.0 Å². The minimum absolute atomic E-state index is 0.0185. The zero-order valence-electron chi connectivity index (χ0n) is 11.2. The number of rotatable bonds is 5. The molecule has 0 saturated carbocycles. The molecule has 0 aliphatic carbocycles. The molecule has 1 aromatic carbocycles. The fourth-order valence-corrected chi connectivity index (χ4v) is 4.14. The lowest BCUT2D eigenvalue weighted by Gasteiger charge is -2.14. The summed E-state index contributed by atoms with van der Waals surface area (Å²) < 4.78 is 27.0. The first-order chi connectivity index (χ1) is 9.81. The Kier molecular flexibility index (Phi) is 4.90. The molecular formula is C13H15ClN2O3S2. The van der Waals surface area contributed by atoms with Crippen LogP contribution in [0.2, 0.25) is 5.02 Å². The van der Waals surface area contributed by atoms with E-state index in [9.17, 15) is 13.5 Å². The second-order valence-electron chi connectivity index (χ2n) is 4.54. The molecule has 114 valence electrons. The van der Waals surface area contributed by atoms with E-state index in [1.807, 2.05) is 5.38 Å². The van der Waals surface area contributed by atoms with Crippen LogP contribution in [0.4, 0.5) is 5.69 Å². The van der Waals surface area contributed by atoms with Crippen molar-refractivity contribution in [3.8, 4) is 0 Å². The molecule has 0 bridgehead atoms. The smallest absolute Gasteiger partial charge is 0.241 e. The fourth-order valence-electron chi connectivity index (χ4n) is 1.80. The van der Waals surface area contributed by atoms with E-state index in [4.69, 9.17) is 17.3 Å². The van der Waals surface area contributed by atoms with E-state index in [1.165, 1.54) is 23.5 Å². The maximum atomic E-state index is 12.3. The van der Waals surface area contributed by atoms with Crippen LogP contribution >= 0.6 is 22.9 Å². The van der Waals surface area contributed by atoms with Gasteiger partial charge in [0.25, 0.3) is 0 Å². The highest BCUT2D eigenvalue weighted by molar-refractivity contribution is 7.89. The molecule has 5 nitrogen and oxygen atoms in total. The highest BCUT2D eigenvalue weighted by Gasteiger charge is 2.20. The maximum absolute atomic E-state index is 12.3. The van der Waals surface area contributed by atoms with Gasteiger partial charge in [0.05, 0.1) is 11.0 Å². The van der Waals surface area contributed by atoms with Crippen molar-refractivity contribution in [2.75, 3.05) is 12.3 Å². The van der Waals surface area contributed by atoms with E-state index >= 15 is 0 Å². The lowest BCUT2D eigenvalue weighted by molar-refractivity contribution is 0.182. The number of benzene rings is 1. The molecule has 8 heteroatoms. The Morgan fingerprint density at radius 1 is 1.48 bits per heavy atom. The first-order valence-electron chi connectivity index (χ1n) is 6.06. The summed E-state index contributed by atoms with van der Waals surface area (Å²) in [6.45, 7) is 1.49. The summed E-state index contributed by atoms with van der Waals surface area (Å²) in [4.78, 5) is 0.0185. The number of nitrogens with two attached hydrogens (primary N) is 1. The van der Waals surface area contributed by atoms with Crippen molar-refractivity contribution in [2.45, 2.75) is 17.9 Å². The molecule has 0 spiro atoms. The molecule has 4 N–H and O–H groups in total. The molecule has 0 fully saturated rings. The fraction of sp³-hybridized carbons (Fsp3) is 0.231. The first kappa shape index (κ1) is 16.3. The van der Waals surface area contributed by atoms with Crippen molar-refractivity contribution in [2.24, 2.45) is 0 Å². The van der Waals surface area contributed by atoms with Gasteiger partial charge >= 0.3 is 0 Å². The molecule has 1 aromatic heterocycles. The van der Waals surface area contributed by atoms with Crippen LogP contribution in [0.5, 0.6) is 0 Å². The third-order valence-corrected chi connectivity index (χ3v) is 5.52. The molecule has 0 radical (unpaired) electrons. The molecule has 1 atom stereocenters. The minimum atomic E-state index is -3.79. The minimum Gasteiger partial charge on any atom is -0.398 e. The summed E-state index contributed by atoms with van der Waals surface area (Å²) in [5.41, 5.74) is 7.13. The van der Waals surface area contributed by atoms with Gasteiger partial charge in [-0.05, 0) is 47.0 Å². The summed E-state index contributed by atoms with van der Waals surface area (Å²) >= 11 is 7.28. The van der Waals surface area contributed by atoms with Crippen LogP contribution in [0.25, 0.3) is 0 Å². The maximum Gasteiger partial charge on any atom is 0.241 e. The number of aliphatic hydroxyl groups is 1. The Bertz CT molecular complexity index is 730. The normalized spacial score (nSPS) is 13.3. The molecule has 1 unspecified atom stereocenters. The molecule has 1 heterocycles. The van der Waals surface area contributed by atoms with Crippen molar-refractivity contribution >= 4 is 38.6 Å². The summed E-state index contributed by atoms with van der Waals surface area (Å²) in [7, 11) is -3.79. The summed E-state index contributed by atoms with van der Waals surface area (Å²) in [5.74, 6) is 0. The topological polar surface area (TPSA) is 92.4 Å². The summed E-state index contributed by atoms with van der Waals surface area (Å²) in [6, 6.07) is 4.58. The Hall–Kier alpha value is -1.12. The van der Waals surface area contributed by atoms with E-state index in [0.29, 0.717) is 16.8 Å². The van der Waals surface area contributed by atoms with Crippen molar-refractivity contribution in [1.82, 2.24) is 4.72 Å². The lowest BCUT2D eigenvalue weighted by Crippen LogP contribution is -2.29. The van der Waals surface area contributed by atoms with Gasteiger partial charge in [-0.25, -0.2) is 13.1 Å². The second kappa shape index (κ2) is 6.33. The highest BCUT2D eigenvalue weighted by Crippen LogP contribution is 2.26. The first-order valence-corrected chi connectivity index (χ1v) is 8.87. The molecule has 2 aromatic rings. The largest absolute Gasteiger partial charge is 0.398 e. The Labute approximate surface area is 132 Å². The number of hydrogen-bond donors (Lipinski definition) is 3. The molecule has 21 heavy (non-hydrogen) atoms. The van der Waals surface area contributed by atoms with Gasteiger partial charge in [0.15, 0.2) is 0 Å². The molecule has 0 aliphatic heterocycles. The number of aliphatic hydroxyl groups excluding tert-OH is 1. The molecular weight excluding hydrogens is 332 g/mol. The zero-order valence-corrected chi connectivity index (χ0v) is 13.6. The highest BCUT2D eigenvalue weighted by atomic mass is 35.5. The second-order valence-corrected chi connectivity index (χ2v) is 7.49. The number of halogens is 1. The molecule has 2 rings (SSSR count). The number of nitrogen functional groups attached to an aromatic ring is 1. The summed E-state index contributed by atoms with van der Waals surface area (Å²) in [5, 5.41) is 13.8. The van der Waals surface area contributed by atoms with E-state index in [0.717, 1.165) is 0 Å². The van der Waals surface area contributed by atoms with Crippen molar-refractivity contribution in [3.05, 3.63) is 45.1 Å². The Morgan fingerprint density at radius 3 is 2.81 bits per heavy atom. The number of nitrogens with one attached hydrogen (secondary N) is 1. The van der Waals surface area contributed by atoms with Crippen molar-refractivity contribution < 1.29 is 13.5 Å². The van der Waals surface area contributed by atoms with E-state index < -0.39 is 16.1 Å². The van der Waals surface area contributed by atoms with Crippen LogP contribution in [0.15, 0.2) is 33.9 Å². The zero-order chi connectivity index (χ0) is 15.6. The SMILES string of the molecule is Cc1c(N)cc(Cl)cc1S(=O)(=O)NCC(O)c1ccsc1. The predicted octanol–water partition coefficient (Wildman–Crippen LogP) is 2.30. The average molecular weight is 347 g/mol. The Balaban J connectivity index is 2.19. The molecule has 0 aliphatic rings. The van der Waals surface area contributed by atoms with Gasteiger partial charge in [0, 0.05) is 17.3 Å². The lowest BCUT2D eigenvalue weighted by atomic mass is 10.2. The van der Waals surface area contributed by atoms with Crippen LogP contribution in [0.1, 0.15) is 17.2 Å².